The molecule has 6 nitrogen and oxygen atoms in total. The number of nitrogen functional groups attached to an aromatic ring is 1. The zero-order valence-electron chi connectivity index (χ0n) is 10.5. The topological polar surface area (TPSA) is 103 Å². The lowest BCUT2D eigenvalue weighted by molar-refractivity contribution is 0.992. The molecule has 2 aromatic rings. The van der Waals surface area contributed by atoms with Crippen molar-refractivity contribution in [2.45, 2.75) is 13.3 Å². The van der Waals surface area contributed by atoms with Gasteiger partial charge >= 0.3 is 0 Å². The molecule has 1 heterocycles. The van der Waals surface area contributed by atoms with Gasteiger partial charge in [0.2, 0.25) is 0 Å². The van der Waals surface area contributed by atoms with E-state index in [4.69, 9.17) is 11.0 Å². The van der Waals surface area contributed by atoms with Crippen molar-refractivity contribution >= 4 is 17.8 Å². The van der Waals surface area contributed by atoms with Gasteiger partial charge in [-0.25, -0.2) is 9.98 Å². The minimum absolute atomic E-state index is 0.499. The van der Waals surface area contributed by atoms with E-state index in [2.05, 4.69) is 20.3 Å². The monoisotopic (exact) mass is 254 g/mol. The summed E-state index contributed by atoms with van der Waals surface area (Å²) in [5.74, 6) is 1.37. The van der Waals surface area contributed by atoms with Gasteiger partial charge in [0.05, 0.1) is 11.4 Å². The van der Waals surface area contributed by atoms with Gasteiger partial charge in [-0.2, -0.15) is 5.26 Å². The number of nitrogens with one attached hydrogen (secondary N) is 2. The van der Waals surface area contributed by atoms with Gasteiger partial charge in [-0.05, 0) is 12.1 Å². The van der Waals surface area contributed by atoms with Crippen LogP contribution in [0, 0.1) is 11.5 Å². The zero-order chi connectivity index (χ0) is 13.7. The van der Waals surface area contributed by atoms with Crippen LogP contribution in [0.4, 0.5) is 11.5 Å². The van der Waals surface area contributed by atoms with Gasteiger partial charge < -0.3 is 10.7 Å². The Hall–Kier alpha value is -2.81. The predicted octanol–water partition coefficient (Wildman–Crippen LogP) is 1.95. The Bertz CT molecular complexity index is 618. The number of aliphatic imine (C=N–C) groups is 1. The number of hydrogen-bond donors (Lipinski definition) is 3. The average molecular weight is 254 g/mol. The van der Waals surface area contributed by atoms with Gasteiger partial charge in [0, 0.05) is 12.0 Å². The van der Waals surface area contributed by atoms with Gasteiger partial charge in [-0.3, -0.25) is 5.32 Å². The van der Waals surface area contributed by atoms with Gasteiger partial charge in [-0.15, -0.1) is 0 Å². The molecular formula is C13H14N6. The summed E-state index contributed by atoms with van der Waals surface area (Å²) in [6, 6.07) is 7.50. The number of aryl methyl sites for hydroxylation is 1. The number of anilines is 1. The SMILES string of the molecule is CCc1nc(N)c(-c2ccc(N=CNC#N)cc2)[nH]1. The molecule has 0 saturated carbocycles. The highest BCUT2D eigenvalue weighted by Crippen LogP contribution is 2.25. The Labute approximate surface area is 111 Å². The molecule has 4 N–H and O–H groups in total. The third-order valence-electron chi connectivity index (χ3n) is 2.61. The third kappa shape index (κ3) is 2.90. The summed E-state index contributed by atoms with van der Waals surface area (Å²) in [6.07, 6.45) is 3.92. The summed E-state index contributed by atoms with van der Waals surface area (Å²) >= 11 is 0. The lowest BCUT2D eigenvalue weighted by Crippen LogP contribution is -1.98. The number of imidazole rings is 1. The fourth-order valence-electron chi connectivity index (χ4n) is 1.67. The Morgan fingerprint density at radius 2 is 2.21 bits per heavy atom. The number of nitrogens with zero attached hydrogens (tertiary/aromatic N) is 3. The fraction of sp³-hybridized carbons (Fsp3) is 0.154. The van der Waals surface area contributed by atoms with Crippen LogP contribution in [-0.2, 0) is 6.42 Å². The maximum absolute atomic E-state index is 8.32. The largest absolute Gasteiger partial charge is 0.382 e. The molecule has 0 fully saturated rings. The highest BCUT2D eigenvalue weighted by Gasteiger charge is 2.08. The van der Waals surface area contributed by atoms with E-state index >= 15 is 0 Å². The zero-order valence-corrected chi connectivity index (χ0v) is 10.5. The van der Waals surface area contributed by atoms with Crippen molar-refractivity contribution in [3.8, 4) is 17.5 Å². The van der Waals surface area contributed by atoms with Crippen molar-refractivity contribution in [2.75, 3.05) is 5.73 Å². The maximum Gasteiger partial charge on any atom is 0.182 e. The van der Waals surface area contributed by atoms with Crippen molar-refractivity contribution in [3.05, 3.63) is 30.1 Å². The molecule has 96 valence electrons. The number of benzene rings is 1. The van der Waals surface area contributed by atoms with E-state index in [1.807, 2.05) is 31.2 Å². The molecule has 0 bridgehead atoms. The number of rotatable bonds is 4. The van der Waals surface area contributed by atoms with Crippen LogP contribution in [0.5, 0.6) is 0 Å². The Balaban J connectivity index is 2.22. The van der Waals surface area contributed by atoms with Crippen molar-refractivity contribution < 1.29 is 0 Å². The van der Waals surface area contributed by atoms with Crippen molar-refractivity contribution in [1.82, 2.24) is 15.3 Å². The maximum atomic E-state index is 8.32. The number of nitriles is 1. The Kier molecular flexibility index (Phi) is 3.78. The molecule has 2 rings (SSSR count). The fourth-order valence-corrected chi connectivity index (χ4v) is 1.67. The molecule has 0 saturated heterocycles. The molecule has 0 aliphatic rings. The van der Waals surface area contributed by atoms with Crippen LogP contribution >= 0.6 is 0 Å². The molecular weight excluding hydrogens is 240 g/mol. The second-order valence-corrected chi connectivity index (χ2v) is 3.86. The number of hydrogen-bond acceptors (Lipinski definition) is 4. The molecule has 1 aromatic carbocycles. The van der Waals surface area contributed by atoms with Crippen molar-refractivity contribution in [2.24, 2.45) is 4.99 Å². The molecule has 0 radical (unpaired) electrons. The highest BCUT2D eigenvalue weighted by atomic mass is 15.0. The lowest BCUT2D eigenvalue weighted by Gasteiger charge is -2.00. The number of H-pyrrole nitrogens is 1. The quantitative estimate of drug-likeness (QED) is 0.336. The predicted molar refractivity (Wildman–Crippen MR) is 74.7 cm³/mol. The number of aromatic amines is 1. The summed E-state index contributed by atoms with van der Waals surface area (Å²) in [4.78, 5) is 11.5. The third-order valence-corrected chi connectivity index (χ3v) is 2.61. The van der Waals surface area contributed by atoms with E-state index in [-0.39, 0.29) is 0 Å². The van der Waals surface area contributed by atoms with Crippen molar-refractivity contribution in [3.63, 3.8) is 0 Å². The second kappa shape index (κ2) is 5.69. The highest BCUT2D eigenvalue weighted by molar-refractivity contribution is 5.72. The van der Waals surface area contributed by atoms with E-state index in [0.29, 0.717) is 5.82 Å². The molecule has 6 heteroatoms. The second-order valence-electron chi connectivity index (χ2n) is 3.86. The standard InChI is InChI=1S/C13H14N6/c1-2-11-18-12(13(15)19-11)9-3-5-10(6-4-9)17-8-16-7-14/h3-6,8H,2,15H2,1H3,(H,16,17)(H,18,19). The van der Waals surface area contributed by atoms with Gasteiger partial charge in [0.1, 0.15) is 18.0 Å². The molecule has 0 spiro atoms. The van der Waals surface area contributed by atoms with Crippen LogP contribution < -0.4 is 11.1 Å². The number of aromatic nitrogens is 2. The van der Waals surface area contributed by atoms with E-state index in [1.54, 1.807) is 6.19 Å². The first kappa shape index (κ1) is 12.6. The first-order valence-electron chi connectivity index (χ1n) is 5.86. The van der Waals surface area contributed by atoms with E-state index in [0.717, 1.165) is 29.2 Å². The van der Waals surface area contributed by atoms with Crippen LogP contribution in [-0.4, -0.2) is 16.3 Å². The summed E-state index contributed by atoms with van der Waals surface area (Å²) in [5.41, 5.74) is 8.39. The van der Waals surface area contributed by atoms with E-state index < -0.39 is 0 Å². The van der Waals surface area contributed by atoms with Gasteiger partial charge in [0.25, 0.3) is 0 Å². The van der Waals surface area contributed by atoms with Crippen LogP contribution in [0.15, 0.2) is 29.3 Å². The summed E-state index contributed by atoms with van der Waals surface area (Å²) < 4.78 is 0. The molecule has 0 aliphatic carbocycles. The average Bonchev–Trinajstić information content (AvgIpc) is 2.81. The van der Waals surface area contributed by atoms with E-state index in [1.165, 1.54) is 6.34 Å². The first-order chi connectivity index (χ1) is 9.24. The normalized spacial score (nSPS) is 10.5. The van der Waals surface area contributed by atoms with Crippen LogP contribution in [0.2, 0.25) is 0 Å². The van der Waals surface area contributed by atoms with Gasteiger partial charge in [0.15, 0.2) is 6.19 Å². The summed E-state index contributed by atoms with van der Waals surface area (Å²) in [5, 5.41) is 10.7. The Morgan fingerprint density at radius 1 is 1.47 bits per heavy atom. The minimum Gasteiger partial charge on any atom is -0.382 e. The van der Waals surface area contributed by atoms with Crippen LogP contribution in [0.1, 0.15) is 12.7 Å². The number of nitrogens with two attached hydrogens (primary N) is 1. The smallest absolute Gasteiger partial charge is 0.182 e. The summed E-state index contributed by atoms with van der Waals surface area (Å²) in [7, 11) is 0. The first-order valence-corrected chi connectivity index (χ1v) is 5.86. The van der Waals surface area contributed by atoms with Crippen molar-refractivity contribution in [1.29, 1.82) is 5.26 Å². The molecule has 0 amide bonds. The summed E-state index contributed by atoms with van der Waals surface area (Å²) in [6.45, 7) is 2.02. The van der Waals surface area contributed by atoms with E-state index in [9.17, 15) is 0 Å². The lowest BCUT2D eigenvalue weighted by atomic mass is 10.1. The minimum atomic E-state index is 0.499. The molecule has 0 aliphatic heterocycles. The Morgan fingerprint density at radius 3 is 2.79 bits per heavy atom. The van der Waals surface area contributed by atoms with Crippen LogP contribution in [0.3, 0.4) is 0 Å². The molecule has 0 unspecified atom stereocenters. The van der Waals surface area contributed by atoms with Crippen LogP contribution in [0.25, 0.3) is 11.3 Å². The van der Waals surface area contributed by atoms with Gasteiger partial charge in [-0.1, -0.05) is 19.1 Å². The molecule has 19 heavy (non-hydrogen) atoms. The molecule has 0 atom stereocenters. The molecule has 1 aromatic heterocycles.